The molecule has 2 unspecified atom stereocenters. The Morgan fingerprint density at radius 1 is 1.37 bits per heavy atom. The molecule has 1 N–H and O–H groups in total. The first-order valence-electron chi connectivity index (χ1n) is 6.47. The molecule has 3 nitrogen and oxygen atoms in total. The minimum absolute atomic E-state index is 0.0730. The van der Waals surface area contributed by atoms with Gasteiger partial charge in [-0.3, -0.25) is 0 Å². The molecule has 0 fully saturated rings. The van der Waals surface area contributed by atoms with E-state index in [1.807, 2.05) is 0 Å². The average Bonchev–Trinajstić information content (AvgIpc) is 2.96. The van der Waals surface area contributed by atoms with E-state index in [2.05, 4.69) is 52.8 Å². The van der Waals surface area contributed by atoms with Crippen molar-refractivity contribution in [3.05, 3.63) is 41.2 Å². The monoisotopic (exact) mass is 293 g/mol. The van der Waals surface area contributed by atoms with Gasteiger partial charge >= 0.3 is 0 Å². The summed E-state index contributed by atoms with van der Waals surface area (Å²) in [5.74, 6) is 1.25. The van der Waals surface area contributed by atoms with Crippen LogP contribution >= 0.6 is 23.1 Å². The molecule has 0 aliphatic heterocycles. The molecule has 2 atom stereocenters. The van der Waals surface area contributed by atoms with Gasteiger partial charge in [0.15, 0.2) is 0 Å². The molecule has 100 valence electrons. The zero-order valence-electron chi connectivity index (χ0n) is 10.9. The quantitative estimate of drug-likeness (QED) is 0.870. The molecule has 1 aliphatic rings. The van der Waals surface area contributed by atoms with Gasteiger partial charge in [-0.1, -0.05) is 38.1 Å². The fourth-order valence-electron chi connectivity index (χ4n) is 2.38. The Bertz CT molecular complexity index is 582. The standard InChI is InChI=1S/C14H16ClN3S/c1-8(2)13-17-14(19-18-13)16-12-10-6-4-3-5-9(10)7-11(12)15/h3-6,8,11-12H,7H2,1-2H3,(H,16,17,18). The number of nitrogens with zero attached hydrogens (tertiary/aromatic N) is 2. The normalized spacial score (nSPS) is 21.7. The molecular formula is C14H16ClN3S. The van der Waals surface area contributed by atoms with Crippen LogP contribution < -0.4 is 5.32 Å². The molecule has 5 heteroatoms. The maximum Gasteiger partial charge on any atom is 0.203 e. The van der Waals surface area contributed by atoms with Crippen LogP contribution in [0.15, 0.2) is 24.3 Å². The van der Waals surface area contributed by atoms with Gasteiger partial charge in [-0.25, -0.2) is 4.98 Å². The number of hydrogen-bond acceptors (Lipinski definition) is 4. The summed E-state index contributed by atoms with van der Waals surface area (Å²) in [6.45, 7) is 4.20. The number of nitrogens with one attached hydrogen (secondary N) is 1. The van der Waals surface area contributed by atoms with E-state index in [1.54, 1.807) is 0 Å². The predicted molar refractivity (Wildman–Crippen MR) is 80.1 cm³/mol. The van der Waals surface area contributed by atoms with Gasteiger partial charge in [0.1, 0.15) is 5.82 Å². The molecule has 0 bridgehead atoms. The van der Waals surface area contributed by atoms with Crippen molar-refractivity contribution in [3.63, 3.8) is 0 Å². The van der Waals surface area contributed by atoms with Crippen LogP contribution in [0.4, 0.5) is 5.13 Å². The molecular weight excluding hydrogens is 278 g/mol. The Kier molecular flexibility index (Phi) is 3.46. The number of fused-ring (bicyclic) bond motifs is 1. The minimum atomic E-state index is 0.0730. The third kappa shape index (κ3) is 2.47. The third-order valence-electron chi connectivity index (χ3n) is 3.40. The van der Waals surface area contributed by atoms with Crippen LogP contribution in [-0.2, 0) is 6.42 Å². The lowest BCUT2D eigenvalue weighted by molar-refractivity contribution is 0.762. The molecule has 2 aromatic rings. The topological polar surface area (TPSA) is 37.8 Å². The number of aromatic nitrogens is 2. The van der Waals surface area contributed by atoms with E-state index in [4.69, 9.17) is 11.6 Å². The van der Waals surface area contributed by atoms with E-state index in [0.29, 0.717) is 5.92 Å². The Morgan fingerprint density at radius 3 is 2.89 bits per heavy atom. The first kappa shape index (κ1) is 12.9. The molecule has 0 saturated carbocycles. The summed E-state index contributed by atoms with van der Waals surface area (Å²) in [6, 6.07) is 8.53. The minimum Gasteiger partial charge on any atom is -0.352 e. The second-order valence-corrected chi connectivity index (χ2v) is 6.47. The highest BCUT2D eigenvalue weighted by molar-refractivity contribution is 7.09. The predicted octanol–water partition coefficient (Wildman–Crippen LogP) is 3.98. The third-order valence-corrected chi connectivity index (χ3v) is 4.47. The number of anilines is 1. The van der Waals surface area contributed by atoms with Crippen molar-refractivity contribution in [2.75, 3.05) is 5.32 Å². The lowest BCUT2D eigenvalue weighted by Crippen LogP contribution is -2.16. The van der Waals surface area contributed by atoms with Crippen LogP contribution in [0.5, 0.6) is 0 Å². The van der Waals surface area contributed by atoms with Gasteiger partial charge < -0.3 is 5.32 Å². The molecule has 1 aromatic heterocycles. The van der Waals surface area contributed by atoms with E-state index in [1.165, 1.54) is 22.7 Å². The van der Waals surface area contributed by atoms with Gasteiger partial charge in [0.25, 0.3) is 0 Å². The summed E-state index contributed by atoms with van der Waals surface area (Å²) in [5.41, 5.74) is 2.61. The first-order chi connectivity index (χ1) is 9.15. The fourth-order valence-corrected chi connectivity index (χ4v) is 3.49. The summed E-state index contributed by atoms with van der Waals surface area (Å²) < 4.78 is 4.36. The Morgan fingerprint density at radius 2 is 2.16 bits per heavy atom. The smallest absolute Gasteiger partial charge is 0.203 e. The van der Waals surface area contributed by atoms with Gasteiger partial charge in [-0.15, -0.1) is 11.6 Å². The largest absolute Gasteiger partial charge is 0.352 e. The molecule has 0 saturated heterocycles. The van der Waals surface area contributed by atoms with E-state index in [-0.39, 0.29) is 11.4 Å². The summed E-state index contributed by atoms with van der Waals surface area (Å²) in [5, 5.41) is 4.37. The Hall–Kier alpha value is -1.13. The number of alkyl halides is 1. The van der Waals surface area contributed by atoms with Crippen LogP contribution in [0.2, 0.25) is 0 Å². The summed E-state index contributed by atoms with van der Waals surface area (Å²) in [7, 11) is 0. The van der Waals surface area contributed by atoms with Crippen molar-refractivity contribution >= 4 is 28.3 Å². The van der Waals surface area contributed by atoms with Crippen LogP contribution in [0, 0.1) is 0 Å². The van der Waals surface area contributed by atoms with Gasteiger partial charge in [0, 0.05) is 17.5 Å². The first-order valence-corrected chi connectivity index (χ1v) is 7.68. The zero-order chi connectivity index (χ0) is 13.4. The van der Waals surface area contributed by atoms with Crippen LogP contribution in [0.3, 0.4) is 0 Å². The summed E-state index contributed by atoms with van der Waals surface area (Å²) in [6.07, 6.45) is 0.908. The fraction of sp³-hybridized carbons (Fsp3) is 0.429. The van der Waals surface area contributed by atoms with Crippen molar-refractivity contribution in [2.45, 2.75) is 37.6 Å². The molecule has 1 aliphatic carbocycles. The Balaban J connectivity index is 1.83. The van der Waals surface area contributed by atoms with Crippen LogP contribution in [0.1, 0.15) is 42.8 Å². The lowest BCUT2D eigenvalue weighted by Gasteiger charge is -2.16. The van der Waals surface area contributed by atoms with E-state index < -0.39 is 0 Å². The summed E-state index contributed by atoms with van der Waals surface area (Å²) in [4.78, 5) is 4.52. The number of rotatable bonds is 3. The SMILES string of the molecule is CC(C)c1nsc(NC2c3ccccc3CC2Cl)n1. The maximum absolute atomic E-state index is 6.46. The number of benzene rings is 1. The molecule has 0 amide bonds. The van der Waals surface area contributed by atoms with Gasteiger partial charge in [-0.2, -0.15) is 4.37 Å². The second-order valence-electron chi connectivity index (χ2n) is 5.15. The summed E-state index contributed by atoms with van der Waals surface area (Å²) >= 11 is 7.87. The molecule has 0 radical (unpaired) electrons. The lowest BCUT2D eigenvalue weighted by atomic mass is 10.1. The number of halogens is 1. The molecule has 19 heavy (non-hydrogen) atoms. The van der Waals surface area contributed by atoms with Crippen LogP contribution in [-0.4, -0.2) is 14.7 Å². The van der Waals surface area contributed by atoms with E-state index in [9.17, 15) is 0 Å². The van der Waals surface area contributed by atoms with E-state index >= 15 is 0 Å². The molecule has 3 rings (SSSR count). The van der Waals surface area contributed by atoms with Crippen LogP contribution in [0.25, 0.3) is 0 Å². The highest BCUT2D eigenvalue weighted by Crippen LogP contribution is 2.37. The van der Waals surface area contributed by atoms with Gasteiger partial charge in [0.2, 0.25) is 5.13 Å². The Labute approximate surface area is 122 Å². The zero-order valence-corrected chi connectivity index (χ0v) is 12.5. The average molecular weight is 294 g/mol. The van der Waals surface area contributed by atoms with Gasteiger partial charge in [0.05, 0.1) is 11.4 Å². The molecule has 0 spiro atoms. The second kappa shape index (κ2) is 5.10. The van der Waals surface area contributed by atoms with Crippen molar-refractivity contribution in [1.82, 2.24) is 9.36 Å². The van der Waals surface area contributed by atoms with Crippen molar-refractivity contribution < 1.29 is 0 Å². The molecule has 1 heterocycles. The van der Waals surface area contributed by atoms with Gasteiger partial charge in [-0.05, 0) is 17.5 Å². The van der Waals surface area contributed by atoms with Crippen molar-refractivity contribution in [3.8, 4) is 0 Å². The maximum atomic E-state index is 6.46. The highest BCUT2D eigenvalue weighted by atomic mass is 35.5. The number of hydrogen-bond donors (Lipinski definition) is 1. The highest BCUT2D eigenvalue weighted by Gasteiger charge is 2.31. The van der Waals surface area contributed by atoms with Crippen molar-refractivity contribution in [2.24, 2.45) is 0 Å². The molecule has 1 aromatic carbocycles. The van der Waals surface area contributed by atoms with E-state index in [0.717, 1.165) is 17.4 Å². The van der Waals surface area contributed by atoms with Crippen molar-refractivity contribution in [1.29, 1.82) is 0 Å².